The second kappa shape index (κ2) is 6.17. The molecule has 3 heterocycles. The van der Waals surface area contributed by atoms with Crippen LogP contribution >= 0.6 is 11.3 Å². The molecule has 0 N–H and O–H groups in total. The molecule has 1 aliphatic rings. The fourth-order valence-corrected chi connectivity index (χ4v) is 3.79. The van der Waals surface area contributed by atoms with Gasteiger partial charge >= 0.3 is 0 Å². The van der Waals surface area contributed by atoms with Crippen molar-refractivity contribution < 1.29 is 13.9 Å². The second-order valence-corrected chi connectivity index (χ2v) is 7.01. The van der Waals surface area contributed by atoms with Crippen molar-refractivity contribution in [2.45, 2.75) is 6.10 Å². The van der Waals surface area contributed by atoms with Gasteiger partial charge in [-0.1, -0.05) is 35.6 Å². The standard InChI is InChI=1S/C19H12FN3O3S/c20-12-5-3-4-11(8-12)9-16-18(24)23-19(27-16)21-17(22-23)15-10-25-13-6-1-2-7-14(13)26-15/h1-9,15H,10H2/b16-9+. The van der Waals surface area contributed by atoms with E-state index in [0.717, 1.165) is 0 Å². The molecule has 5 rings (SSSR count). The highest BCUT2D eigenvalue weighted by Crippen LogP contribution is 2.35. The van der Waals surface area contributed by atoms with Crippen LogP contribution in [0.15, 0.2) is 53.3 Å². The first-order valence-corrected chi connectivity index (χ1v) is 9.04. The number of para-hydroxylation sites is 2. The summed E-state index contributed by atoms with van der Waals surface area (Å²) in [7, 11) is 0. The highest BCUT2D eigenvalue weighted by molar-refractivity contribution is 7.15. The van der Waals surface area contributed by atoms with Crippen LogP contribution in [0, 0.1) is 5.82 Å². The van der Waals surface area contributed by atoms with E-state index in [1.54, 1.807) is 18.2 Å². The Bertz CT molecular complexity index is 1270. The molecule has 0 saturated carbocycles. The fourth-order valence-electron chi connectivity index (χ4n) is 2.88. The van der Waals surface area contributed by atoms with Crippen molar-refractivity contribution in [1.29, 1.82) is 0 Å². The first-order valence-electron chi connectivity index (χ1n) is 8.23. The smallest absolute Gasteiger partial charge is 0.291 e. The van der Waals surface area contributed by atoms with Crippen LogP contribution < -0.4 is 19.6 Å². The number of halogens is 1. The zero-order valence-corrected chi connectivity index (χ0v) is 14.6. The summed E-state index contributed by atoms with van der Waals surface area (Å²) < 4.78 is 26.6. The Balaban J connectivity index is 1.50. The number of thiazole rings is 1. The molecule has 0 radical (unpaired) electrons. The van der Waals surface area contributed by atoms with Gasteiger partial charge in [0.25, 0.3) is 5.56 Å². The summed E-state index contributed by atoms with van der Waals surface area (Å²) in [5.74, 6) is 1.33. The highest BCUT2D eigenvalue weighted by atomic mass is 32.1. The number of nitrogens with zero attached hydrogens (tertiary/aromatic N) is 3. The summed E-state index contributed by atoms with van der Waals surface area (Å²) in [6.07, 6.45) is 1.14. The molecule has 6 nitrogen and oxygen atoms in total. The molecule has 0 fully saturated rings. The number of hydrogen-bond donors (Lipinski definition) is 0. The van der Waals surface area contributed by atoms with E-state index in [1.165, 1.54) is 28.0 Å². The maximum Gasteiger partial charge on any atom is 0.291 e. The monoisotopic (exact) mass is 381 g/mol. The molecule has 2 aromatic carbocycles. The molecule has 134 valence electrons. The van der Waals surface area contributed by atoms with Crippen LogP contribution in [-0.4, -0.2) is 21.2 Å². The summed E-state index contributed by atoms with van der Waals surface area (Å²) in [6.45, 7) is 0.269. The van der Waals surface area contributed by atoms with Gasteiger partial charge in [0.2, 0.25) is 4.96 Å². The molecular weight excluding hydrogens is 369 g/mol. The number of hydrogen-bond acceptors (Lipinski definition) is 6. The third-order valence-corrected chi connectivity index (χ3v) is 5.10. The average Bonchev–Trinajstić information content (AvgIpc) is 3.21. The van der Waals surface area contributed by atoms with Crippen LogP contribution in [0.2, 0.25) is 0 Å². The summed E-state index contributed by atoms with van der Waals surface area (Å²) in [4.78, 5) is 17.5. The van der Waals surface area contributed by atoms with Gasteiger partial charge < -0.3 is 9.47 Å². The Labute approximate surface area is 156 Å². The van der Waals surface area contributed by atoms with E-state index in [2.05, 4.69) is 10.1 Å². The van der Waals surface area contributed by atoms with Gasteiger partial charge in [-0.15, -0.1) is 5.10 Å². The van der Waals surface area contributed by atoms with E-state index in [9.17, 15) is 9.18 Å². The van der Waals surface area contributed by atoms with Crippen LogP contribution in [0.3, 0.4) is 0 Å². The number of aromatic nitrogens is 3. The summed E-state index contributed by atoms with van der Waals surface area (Å²) in [5, 5.41) is 4.29. The van der Waals surface area contributed by atoms with Crippen molar-refractivity contribution in [3.63, 3.8) is 0 Å². The number of ether oxygens (including phenoxy) is 2. The molecule has 0 spiro atoms. The molecule has 1 aliphatic heterocycles. The Kier molecular flexibility index (Phi) is 3.64. The molecule has 1 unspecified atom stereocenters. The number of benzene rings is 2. The van der Waals surface area contributed by atoms with Gasteiger partial charge in [-0.3, -0.25) is 4.79 Å². The molecule has 0 saturated heterocycles. The van der Waals surface area contributed by atoms with Gasteiger partial charge in [0.05, 0.1) is 4.53 Å². The molecule has 0 aliphatic carbocycles. The first kappa shape index (κ1) is 16.0. The summed E-state index contributed by atoms with van der Waals surface area (Å²) >= 11 is 1.20. The van der Waals surface area contributed by atoms with Crippen LogP contribution in [0.5, 0.6) is 11.5 Å². The average molecular weight is 381 g/mol. The highest BCUT2D eigenvalue weighted by Gasteiger charge is 2.27. The van der Waals surface area contributed by atoms with Crippen LogP contribution in [-0.2, 0) is 0 Å². The molecule has 0 amide bonds. The van der Waals surface area contributed by atoms with Gasteiger partial charge in [0, 0.05) is 0 Å². The van der Waals surface area contributed by atoms with Gasteiger partial charge in [-0.2, -0.15) is 9.50 Å². The predicted molar refractivity (Wildman–Crippen MR) is 97.6 cm³/mol. The lowest BCUT2D eigenvalue weighted by Crippen LogP contribution is -2.26. The molecule has 8 heteroatoms. The molecular formula is C19H12FN3O3S. The Hall–Kier alpha value is -3.26. The van der Waals surface area contributed by atoms with E-state index in [-0.39, 0.29) is 18.0 Å². The van der Waals surface area contributed by atoms with E-state index in [0.29, 0.717) is 32.4 Å². The third kappa shape index (κ3) is 2.83. The van der Waals surface area contributed by atoms with Gasteiger partial charge in [0.1, 0.15) is 12.4 Å². The fraction of sp³-hybridized carbons (Fsp3) is 0.105. The first-order chi connectivity index (χ1) is 13.2. The van der Waals surface area contributed by atoms with Crippen LogP contribution in [0.25, 0.3) is 11.0 Å². The second-order valence-electron chi connectivity index (χ2n) is 6.00. The minimum Gasteiger partial charge on any atom is -0.485 e. The van der Waals surface area contributed by atoms with Crippen LogP contribution in [0.1, 0.15) is 17.5 Å². The number of rotatable bonds is 2. The topological polar surface area (TPSA) is 65.7 Å². The lowest BCUT2D eigenvalue weighted by molar-refractivity contribution is 0.0852. The molecule has 4 aromatic rings. The van der Waals surface area contributed by atoms with E-state index >= 15 is 0 Å². The molecule has 1 atom stereocenters. The number of fused-ring (bicyclic) bond motifs is 2. The van der Waals surface area contributed by atoms with Gasteiger partial charge in [-0.25, -0.2) is 4.39 Å². The lowest BCUT2D eigenvalue weighted by Gasteiger charge is -2.24. The largest absolute Gasteiger partial charge is 0.485 e. The van der Waals surface area contributed by atoms with Crippen molar-refractivity contribution >= 4 is 22.4 Å². The van der Waals surface area contributed by atoms with Gasteiger partial charge in [-0.05, 0) is 35.9 Å². The van der Waals surface area contributed by atoms with E-state index < -0.39 is 6.10 Å². The van der Waals surface area contributed by atoms with E-state index in [4.69, 9.17) is 9.47 Å². The van der Waals surface area contributed by atoms with Crippen molar-refractivity contribution in [2.24, 2.45) is 0 Å². The maximum absolute atomic E-state index is 13.3. The van der Waals surface area contributed by atoms with E-state index in [1.807, 2.05) is 24.3 Å². The van der Waals surface area contributed by atoms with Crippen molar-refractivity contribution in [1.82, 2.24) is 14.6 Å². The normalized spacial score (nSPS) is 16.8. The minimum atomic E-state index is -0.484. The Morgan fingerprint density at radius 1 is 1.19 bits per heavy atom. The minimum absolute atomic E-state index is 0.269. The van der Waals surface area contributed by atoms with Crippen molar-refractivity contribution in [3.8, 4) is 11.5 Å². The van der Waals surface area contributed by atoms with Crippen LogP contribution in [0.4, 0.5) is 4.39 Å². The SMILES string of the molecule is O=c1/c(=C\c2cccc(F)c2)sc2nc(C3COc4ccccc4O3)nn12. The lowest BCUT2D eigenvalue weighted by atomic mass is 10.2. The Morgan fingerprint density at radius 3 is 2.85 bits per heavy atom. The quantitative estimate of drug-likeness (QED) is 0.533. The zero-order chi connectivity index (χ0) is 18.4. The summed E-state index contributed by atoms with van der Waals surface area (Å²) in [6, 6.07) is 13.4. The van der Waals surface area contributed by atoms with Gasteiger partial charge in [0.15, 0.2) is 23.4 Å². The predicted octanol–water partition coefficient (Wildman–Crippen LogP) is 2.35. The zero-order valence-electron chi connectivity index (χ0n) is 13.8. The third-order valence-electron chi connectivity index (χ3n) is 4.14. The summed E-state index contributed by atoms with van der Waals surface area (Å²) in [5.41, 5.74) is 0.313. The molecule has 2 aromatic heterocycles. The molecule has 27 heavy (non-hydrogen) atoms. The molecule has 0 bridgehead atoms. The Morgan fingerprint density at radius 2 is 2.04 bits per heavy atom. The van der Waals surface area contributed by atoms with Crippen molar-refractivity contribution in [3.05, 3.63) is 80.6 Å². The van der Waals surface area contributed by atoms with Crippen molar-refractivity contribution in [2.75, 3.05) is 6.61 Å². The maximum atomic E-state index is 13.3.